The lowest BCUT2D eigenvalue weighted by Crippen LogP contribution is -2.18. The Morgan fingerprint density at radius 3 is 3.00 bits per heavy atom. The third-order valence-electron chi connectivity index (χ3n) is 3.89. The normalized spacial score (nSPS) is 13.6. The number of fused-ring (bicyclic) bond motifs is 1. The van der Waals surface area contributed by atoms with Gasteiger partial charge in [0.05, 0.1) is 13.3 Å². The Hall–Kier alpha value is -2.30. The van der Waals surface area contributed by atoms with Gasteiger partial charge in [-0.05, 0) is 43.5 Å². The van der Waals surface area contributed by atoms with Gasteiger partial charge >= 0.3 is 0 Å². The number of hydrogen-bond donors (Lipinski definition) is 1. The summed E-state index contributed by atoms with van der Waals surface area (Å²) in [4.78, 5) is 16.8. The Balaban J connectivity index is 1.82. The van der Waals surface area contributed by atoms with E-state index in [9.17, 15) is 4.79 Å². The van der Waals surface area contributed by atoms with Crippen molar-refractivity contribution >= 4 is 11.7 Å². The molecule has 1 N–H and O–H groups in total. The fourth-order valence-electron chi connectivity index (χ4n) is 2.72. The molecule has 1 amide bonds. The van der Waals surface area contributed by atoms with E-state index in [4.69, 9.17) is 4.74 Å². The van der Waals surface area contributed by atoms with E-state index in [0.29, 0.717) is 5.56 Å². The lowest BCUT2D eigenvalue weighted by atomic mass is 10.1. The lowest BCUT2D eigenvalue weighted by molar-refractivity contribution is 0.102. The predicted octanol–water partition coefficient (Wildman–Crippen LogP) is 2.79. The first kappa shape index (κ1) is 13.7. The molecular formula is C16H19N3O2. The Kier molecular flexibility index (Phi) is 3.64. The van der Waals surface area contributed by atoms with Gasteiger partial charge in [-0.1, -0.05) is 0 Å². The quantitative estimate of drug-likeness (QED) is 0.943. The summed E-state index contributed by atoms with van der Waals surface area (Å²) in [5.41, 5.74) is 1.55. The van der Waals surface area contributed by atoms with Crippen LogP contribution >= 0.6 is 0 Å². The minimum absolute atomic E-state index is 0.108. The Morgan fingerprint density at radius 1 is 1.38 bits per heavy atom. The smallest absolute Gasteiger partial charge is 0.257 e. The number of carbonyl (C=O) groups is 1. The van der Waals surface area contributed by atoms with Crippen LogP contribution < -0.4 is 10.1 Å². The molecule has 1 aromatic heterocycles. The molecule has 0 saturated heterocycles. The highest BCUT2D eigenvalue weighted by Gasteiger charge is 2.17. The summed E-state index contributed by atoms with van der Waals surface area (Å²) in [6, 6.07) is 5.45. The van der Waals surface area contributed by atoms with Crippen LogP contribution in [-0.2, 0) is 13.0 Å². The molecule has 1 aliphatic rings. The lowest BCUT2D eigenvalue weighted by Gasteiger charge is -2.17. The number of nitrogens with zero attached hydrogens (tertiary/aromatic N) is 2. The van der Waals surface area contributed by atoms with Gasteiger partial charge in [-0.2, -0.15) is 0 Å². The topological polar surface area (TPSA) is 56.1 Å². The molecule has 0 saturated carbocycles. The van der Waals surface area contributed by atoms with E-state index in [0.717, 1.165) is 42.3 Å². The summed E-state index contributed by atoms with van der Waals surface area (Å²) in [5.74, 6) is 2.49. The molecule has 0 unspecified atom stereocenters. The maximum atomic E-state index is 12.4. The highest BCUT2D eigenvalue weighted by molar-refractivity contribution is 6.04. The fourth-order valence-corrected chi connectivity index (χ4v) is 2.72. The summed E-state index contributed by atoms with van der Waals surface area (Å²) in [6.07, 6.45) is 5.03. The van der Waals surface area contributed by atoms with Crippen LogP contribution in [0.3, 0.4) is 0 Å². The number of aryl methyl sites for hydroxylation is 2. The second kappa shape index (κ2) is 5.60. The molecule has 0 atom stereocenters. The number of hydrogen-bond acceptors (Lipinski definition) is 3. The van der Waals surface area contributed by atoms with Gasteiger partial charge in [0.25, 0.3) is 5.91 Å². The van der Waals surface area contributed by atoms with Crippen LogP contribution in [0, 0.1) is 6.92 Å². The number of anilines is 1. The number of rotatable bonds is 3. The number of benzene rings is 1. The third-order valence-corrected chi connectivity index (χ3v) is 3.89. The van der Waals surface area contributed by atoms with Crippen molar-refractivity contribution in [3.05, 3.63) is 41.3 Å². The highest BCUT2D eigenvalue weighted by atomic mass is 16.5. The number of amides is 1. The van der Waals surface area contributed by atoms with E-state index in [-0.39, 0.29) is 5.91 Å². The minimum Gasteiger partial charge on any atom is -0.497 e. The van der Waals surface area contributed by atoms with Crippen molar-refractivity contribution in [2.24, 2.45) is 0 Å². The van der Waals surface area contributed by atoms with Crippen LogP contribution in [0.25, 0.3) is 0 Å². The number of methoxy groups -OCH3 is 1. The zero-order valence-corrected chi connectivity index (χ0v) is 12.3. The summed E-state index contributed by atoms with van der Waals surface area (Å²) in [6.45, 7) is 2.83. The first-order valence-corrected chi connectivity index (χ1v) is 7.19. The predicted molar refractivity (Wildman–Crippen MR) is 80.8 cm³/mol. The summed E-state index contributed by atoms with van der Waals surface area (Å²) >= 11 is 0. The molecule has 5 heteroatoms. The zero-order chi connectivity index (χ0) is 14.8. The molecule has 2 heterocycles. The van der Waals surface area contributed by atoms with E-state index in [1.165, 1.54) is 6.42 Å². The first-order chi connectivity index (χ1) is 10.2. The van der Waals surface area contributed by atoms with Crippen LogP contribution in [0.4, 0.5) is 5.82 Å². The first-order valence-electron chi connectivity index (χ1n) is 7.19. The average Bonchev–Trinajstić information content (AvgIpc) is 2.90. The van der Waals surface area contributed by atoms with Crippen molar-refractivity contribution in [1.29, 1.82) is 0 Å². The highest BCUT2D eigenvalue weighted by Crippen LogP contribution is 2.22. The van der Waals surface area contributed by atoms with Crippen LogP contribution in [0.5, 0.6) is 5.75 Å². The summed E-state index contributed by atoms with van der Waals surface area (Å²) < 4.78 is 7.26. The monoisotopic (exact) mass is 285 g/mol. The molecule has 0 fully saturated rings. The third kappa shape index (κ3) is 2.63. The maximum Gasteiger partial charge on any atom is 0.257 e. The molecule has 0 aliphatic carbocycles. The van der Waals surface area contributed by atoms with Crippen LogP contribution in [0.2, 0.25) is 0 Å². The van der Waals surface area contributed by atoms with Gasteiger partial charge in [0, 0.05) is 18.5 Å². The molecule has 2 aromatic rings. The van der Waals surface area contributed by atoms with E-state index in [1.807, 2.05) is 13.0 Å². The van der Waals surface area contributed by atoms with Crippen molar-refractivity contribution in [3.8, 4) is 5.75 Å². The summed E-state index contributed by atoms with van der Waals surface area (Å²) in [7, 11) is 1.62. The SMILES string of the molecule is COc1ccc(C(=O)Nc2cnc3n2CCCC3)c(C)c1. The number of imidazole rings is 1. The largest absolute Gasteiger partial charge is 0.497 e. The number of ether oxygens (including phenoxy) is 1. The molecule has 0 bridgehead atoms. The van der Waals surface area contributed by atoms with Crippen LogP contribution in [0.1, 0.15) is 34.6 Å². The minimum atomic E-state index is -0.108. The Labute approximate surface area is 124 Å². The van der Waals surface area contributed by atoms with Gasteiger partial charge in [-0.15, -0.1) is 0 Å². The molecule has 1 aliphatic heterocycles. The molecule has 21 heavy (non-hydrogen) atoms. The van der Waals surface area contributed by atoms with Gasteiger partial charge in [-0.25, -0.2) is 4.98 Å². The molecule has 5 nitrogen and oxygen atoms in total. The van der Waals surface area contributed by atoms with Crippen LogP contribution in [-0.4, -0.2) is 22.6 Å². The molecule has 3 rings (SSSR count). The molecule has 0 radical (unpaired) electrons. The van der Waals surface area contributed by atoms with E-state index in [2.05, 4.69) is 14.9 Å². The van der Waals surface area contributed by atoms with Gasteiger partial charge in [0.1, 0.15) is 17.4 Å². The standard InChI is InChI=1S/C16H19N3O2/c1-11-9-12(21-2)6-7-13(11)16(20)18-15-10-17-14-5-3-4-8-19(14)15/h6-7,9-10H,3-5,8H2,1-2H3,(H,18,20). The Morgan fingerprint density at radius 2 is 2.24 bits per heavy atom. The van der Waals surface area contributed by atoms with Crippen molar-refractivity contribution in [3.63, 3.8) is 0 Å². The van der Waals surface area contributed by atoms with Gasteiger partial charge in [0.15, 0.2) is 0 Å². The molecule has 1 aromatic carbocycles. The molecule has 110 valence electrons. The second-order valence-corrected chi connectivity index (χ2v) is 5.30. The molecule has 0 spiro atoms. The average molecular weight is 285 g/mol. The van der Waals surface area contributed by atoms with Crippen molar-refractivity contribution < 1.29 is 9.53 Å². The zero-order valence-electron chi connectivity index (χ0n) is 12.3. The van der Waals surface area contributed by atoms with Crippen molar-refractivity contribution in [2.45, 2.75) is 32.7 Å². The molecular weight excluding hydrogens is 266 g/mol. The van der Waals surface area contributed by atoms with Crippen molar-refractivity contribution in [2.75, 3.05) is 12.4 Å². The second-order valence-electron chi connectivity index (χ2n) is 5.30. The maximum absolute atomic E-state index is 12.4. The van der Waals surface area contributed by atoms with E-state index >= 15 is 0 Å². The number of aromatic nitrogens is 2. The van der Waals surface area contributed by atoms with Crippen LogP contribution in [0.15, 0.2) is 24.4 Å². The van der Waals surface area contributed by atoms with Gasteiger partial charge in [-0.3, -0.25) is 4.79 Å². The Bertz CT molecular complexity index is 676. The van der Waals surface area contributed by atoms with Gasteiger partial charge in [0.2, 0.25) is 0 Å². The van der Waals surface area contributed by atoms with Gasteiger partial charge < -0.3 is 14.6 Å². The van der Waals surface area contributed by atoms with E-state index < -0.39 is 0 Å². The fraction of sp³-hybridized carbons (Fsp3) is 0.375. The number of nitrogens with one attached hydrogen (secondary N) is 1. The summed E-state index contributed by atoms with van der Waals surface area (Å²) in [5, 5.41) is 2.97. The van der Waals surface area contributed by atoms with Crippen molar-refractivity contribution in [1.82, 2.24) is 9.55 Å². The van der Waals surface area contributed by atoms with E-state index in [1.54, 1.807) is 25.4 Å². The number of carbonyl (C=O) groups excluding carboxylic acids is 1.